The smallest absolute Gasteiger partial charge is 0.257 e. The number of carbonyl (C=O) groups excluding carboxylic acids is 2. The Bertz CT molecular complexity index is 929. The van der Waals surface area contributed by atoms with E-state index in [0.29, 0.717) is 36.1 Å². The van der Waals surface area contributed by atoms with Gasteiger partial charge in [-0.05, 0) is 30.5 Å². The predicted molar refractivity (Wildman–Crippen MR) is 119 cm³/mol. The van der Waals surface area contributed by atoms with Crippen LogP contribution in [-0.2, 0) is 22.4 Å². The Kier molecular flexibility index (Phi) is 8.56. The van der Waals surface area contributed by atoms with Crippen LogP contribution in [0.4, 0.5) is 5.13 Å². The molecule has 7 heteroatoms. The van der Waals surface area contributed by atoms with Crippen LogP contribution >= 0.6 is 11.3 Å². The summed E-state index contributed by atoms with van der Waals surface area (Å²) in [6.45, 7) is 1.85. The third-order valence-electron chi connectivity index (χ3n) is 4.32. The first-order valence-electron chi connectivity index (χ1n) is 9.90. The highest BCUT2D eigenvalue weighted by Crippen LogP contribution is 2.17. The van der Waals surface area contributed by atoms with Gasteiger partial charge in [-0.3, -0.25) is 14.9 Å². The van der Waals surface area contributed by atoms with E-state index in [9.17, 15) is 9.59 Å². The number of hydrogen-bond acceptors (Lipinski definition) is 5. The van der Waals surface area contributed by atoms with Gasteiger partial charge < -0.3 is 10.1 Å². The highest BCUT2D eigenvalue weighted by Gasteiger charge is 2.10. The first-order valence-corrected chi connectivity index (χ1v) is 10.8. The van der Waals surface area contributed by atoms with Gasteiger partial charge in [0.25, 0.3) is 5.91 Å². The summed E-state index contributed by atoms with van der Waals surface area (Å²) in [5.74, 6) is -0.307. The van der Waals surface area contributed by atoms with Gasteiger partial charge in [-0.1, -0.05) is 48.5 Å². The van der Waals surface area contributed by atoms with Crippen molar-refractivity contribution in [3.63, 3.8) is 0 Å². The Balaban J connectivity index is 1.28. The van der Waals surface area contributed by atoms with Gasteiger partial charge in [0.05, 0.1) is 18.7 Å². The number of carbonyl (C=O) groups is 2. The largest absolute Gasteiger partial charge is 0.381 e. The predicted octanol–water partition coefficient (Wildman–Crippen LogP) is 3.70. The molecule has 0 fully saturated rings. The van der Waals surface area contributed by atoms with Crippen molar-refractivity contribution in [2.75, 3.05) is 25.1 Å². The summed E-state index contributed by atoms with van der Waals surface area (Å²) in [6, 6.07) is 19.2. The summed E-state index contributed by atoms with van der Waals surface area (Å²) in [5, 5.41) is 7.90. The molecular formula is C23H25N3O3S. The highest BCUT2D eigenvalue weighted by molar-refractivity contribution is 7.14. The molecule has 30 heavy (non-hydrogen) atoms. The molecule has 2 N–H and O–H groups in total. The van der Waals surface area contributed by atoms with Gasteiger partial charge in [-0.25, -0.2) is 4.98 Å². The number of amides is 2. The van der Waals surface area contributed by atoms with Crippen LogP contribution in [0.3, 0.4) is 0 Å². The van der Waals surface area contributed by atoms with E-state index in [2.05, 4.69) is 27.8 Å². The zero-order valence-electron chi connectivity index (χ0n) is 16.7. The van der Waals surface area contributed by atoms with E-state index in [4.69, 9.17) is 4.74 Å². The van der Waals surface area contributed by atoms with E-state index < -0.39 is 0 Å². The minimum Gasteiger partial charge on any atom is -0.381 e. The maximum atomic E-state index is 12.1. The molecule has 0 radical (unpaired) electrons. The molecule has 0 bridgehead atoms. The molecule has 0 aliphatic rings. The lowest BCUT2D eigenvalue weighted by Gasteiger charge is -2.06. The topological polar surface area (TPSA) is 80.3 Å². The maximum Gasteiger partial charge on any atom is 0.257 e. The third kappa shape index (κ3) is 7.42. The van der Waals surface area contributed by atoms with Crippen LogP contribution in [0.1, 0.15) is 28.0 Å². The molecule has 0 spiro atoms. The van der Waals surface area contributed by atoms with Gasteiger partial charge in [-0.2, -0.15) is 0 Å². The van der Waals surface area contributed by atoms with Crippen molar-refractivity contribution < 1.29 is 14.3 Å². The van der Waals surface area contributed by atoms with Gasteiger partial charge in [-0.15, -0.1) is 11.3 Å². The quantitative estimate of drug-likeness (QED) is 0.461. The lowest BCUT2D eigenvalue weighted by atomic mass is 10.2. The normalized spacial score (nSPS) is 10.5. The second-order valence-electron chi connectivity index (χ2n) is 6.69. The van der Waals surface area contributed by atoms with E-state index >= 15 is 0 Å². The summed E-state index contributed by atoms with van der Waals surface area (Å²) in [5.41, 5.74) is 2.46. The number of benzene rings is 2. The van der Waals surface area contributed by atoms with E-state index in [-0.39, 0.29) is 18.2 Å². The van der Waals surface area contributed by atoms with Crippen molar-refractivity contribution in [2.45, 2.75) is 19.3 Å². The molecule has 6 nitrogen and oxygen atoms in total. The van der Waals surface area contributed by atoms with E-state index in [1.807, 2.05) is 24.3 Å². The molecule has 0 saturated heterocycles. The number of hydrogen-bond donors (Lipinski definition) is 2. The van der Waals surface area contributed by atoms with Crippen LogP contribution in [0.2, 0.25) is 0 Å². The van der Waals surface area contributed by atoms with Gasteiger partial charge in [0, 0.05) is 24.1 Å². The SMILES string of the molecule is O=C(Cc1csc(NC(=O)c2ccccc2)n1)NCCCOCCc1ccccc1. The maximum absolute atomic E-state index is 12.1. The molecule has 2 amide bonds. The van der Waals surface area contributed by atoms with Crippen molar-refractivity contribution in [2.24, 2.45) is 0 Å². The first kappa shape index (κ1) is 21.7. The van der Waals surface area contributed by atoms with Crippen LogP contribution in [0.25, 0.3) is 0 Å². The summed E-state index contributed by atoms with van der Waals surface area (Å²) in [4.78, 5) is 28.5. The Hall–Kier alpha value is -3.03. The second-order valence-corrected chi connectivity index (χ2v) is 7.55. The number of nitrogens with zero attached hydrogens (tertiary/aromatic N) is 1. The Labute approximate surface area is 180 Å². The van der Waals surface area contributed by atoms with Gasteiger partial charge >= 0.3 is 0 Å². The van der Waals surface area contributed by atoms with Crippen LogP contribution in [0, 0.1) is 0 Å². The summed E-state index contributed by atoms with van der Waals surface area (Å²) in [7, 11) is 0. The zero-order valence-corrected chi connectivity index (χ0v) is 17.5. The van der Waals surface area contributed by atoms with E-state index in [1.165, 1.54) is 16.9 Å². The fourth-order valence-electron chi connectivity index (χ4n) is 2.77. The second kappa shape index (κ2) is 11.8. The van der Waals surface area contributed by atoms with Crippen LogP contribution in [0.5, 0.6) is 0 Å². The van der Waals surface area contributed by atoms with Crippen molar-refractivity contribution >= 4 is 28.3 Å². The van der Waals surface area contributed by atoms with Crippen LogP contribution in [-0.4, -0.2) is 36.6 Å². The first-order chi connectivity index (χ1) is 14.7. The standard InChI is InChI=1S/C23H25N3O3S/c27-21(24-13-7-14-29-15-12-18-8-3-1-4-9-18)16-20-17-30-23(25-20)26-22(28)19-10-5-2-6-11-19/h1-6,8-11,17H,7,12-16H2,(H,24,27)(H,25,26,28). The Morgan fingerprint density at radius 3 is 2.47 bits per heavy atom. The zero-order chi connectivity index (χ0) is 21.0. The average molecular weight is 424 g/mol. The molecular weight excluding hydrogens is 398 g/mol. The van der Waals surface area contributed by atoms with Gasteiger partial charge in [0.1, 0.15) is 0 Å². The van der Waals surface area contributed by atoms with Gasteiger partial charge in [0.2, 0.25) is 5.91 Å². The molecule has 3 rings (SSSR count). The van der Waals surface area contributed by atoms with E-state index in [1.54, 1.807) is 29.6 Å². The Morgan fingerprint density at radius 2 is 1.70 bits per heavy atom. The van der Waals surface area contributed by atoms with E-state index in [0.717, 1.165) is 12.8 Å². The molecule has 0 aliphatic heterocycles. The molecule has 156 valence electrons. The summed E-state index contributed by atoms with van der Waals surface area (Å²) >= 11 is 1.31. The molecule has 0 unspecified atom stereocenters. The number of thiazole rings is 1. The average Bonchev–Trinajstić information content (AvgIpc) is 3.21. The van der Waals surface area contributed by atoms with Crippen LogP contribution < -0.4 is 10.6 Å². The van der Waals surface area contributed by atoms with Crippen molar-refractivity contribution in [3.8, 4) is 0 Å². The molecule has 0 atom stereocenters. The molecule has 0 saturated carbocycles. The summed E-state index contributed by atoms with van der Waals surface area (Å²) in [6.07, 6.45) is 1.84. The number of nitrogens with one attached hydrogen (secondary N) is 2. The fraction of sp³-hybridized carbons (Fsp3) is 0.261. The van der Waals surface area contributed by atoms with Crippen molar-refractivity contribution in [1.82, 2.24) is 10.3 Å². The molecule has 3 aromatic rings. The van der Waals surface area contributed by atoms with Crippen molar-refractivity contribution in [3.05, 3.63) is 82.9 Å². The van der Waals surface area contributed by atoms with Crippen LogP contribution in [0.15, 0.2) is 66.0 Å². The summed E-state index contributed by atoms with van der Waals surface area (Å²) < 4.78 is 5.61. The lowest BCUT2D eigenvalue weighted by molar-refractivity contribution is -0.120. The minimum absolute atomic E-state index is 0.0921. The molecule has 0 aliphatic carbocycles. The number of aromatic nitrogens is 1. The Morgan fingerprint density at radius 1 is 0.967 bits per heavy atom. The molecule has 1 heterocycles. The molecule has 1 aromatic heterocycles. The number of anilines is 1. The lowest BCUT2D eigenvalue weighted by Crippen LogP contribution is -2.27. The monoisotopic (exact) mass is 423 g/mol. The van der Waals surface area contributed by atoms with Crippen molar-refractivity contribution in [1.29, 1.82) is 0 Å². The highest BCUT2D eigenvalue weighted by atomic mass is 32.1. The number of ether oxygens (including phenoxy) is 1. The fourth-order valence-corrected chi connectivity index (χ4v) is 3.48. The number of rotatable bonds is 11. The molecule has 2 aromatic carbocycles. The third-order valence-corrected chi connectivity index (χ3v) is 5.12. The van der Waals surface area contributed by atoms with Gasteiger partial charge in [0.15, 0.2) is 5.13 Å². The minimum atomic E-state index is -0.215.